The van der Waals surface area contributed by atoms with Crippen LogP contribution in [0.2, 0.25) is 0 Å². The molecule has 2 rings (SSSR count). The number of carbonyl (C=O) groups is 6. The van der Waals surface area contributed by atoms with Crippen molar-refractivity contribution in [1.29, 1.82) is 0 Å². The molecule has 11 heteroatoms. The van der Waals surface area contributed by atoms with Crippen LogP contribution >= 0.6 is 31.9 Å². The molecule has 2 aliphatic rings. The molecule has 0 aromatic heterocycles. The Hall–Kier alpha value is -1.62. The number of esters is 6. The minimum absolute atomic E-state index is 0.230. The van der Waals surface area contributed by atoms with Gasteiger partial charge in [0, 0.05) is 10.7 Å². The standard InChI is InChI=1S/C6H8Br2O3.2C4H4O3/c7-3-1-5(9)11-6(10)2-4-8;2*5-3-1-2-4(6)7-3/h1-4H2;2*1-2H2. The molecule has 0 unspecified atom stereocenters. The first-order valence-electron chi connectivity index (χ1n) is 7.11. The third-order valence-electron chi connectivity index (χ3n) is 2.35. The van der Waals surface area contributed by atoms with Gasteiger partial charge in [0.2, 0.25) is 0 Å². The molecule has 0 bridgehead atoms. The molecule has 0 radical (unpaired) electrons. The molecule has 2 fully saturated rings. The van der Waals surface area contributed by atoms with Crippen molar-refractivity contribution in [2.75, 3.05) is 10.7 Å². The van der Waals surface area contributed by atoms with Crippen LogP contribution in [-0.2, 0) is 43.0 Å². The Balaban J connectivity index is 0.000000358. The Labute approximate surface area is 160 Å². The van der Waals surface area contributed by atoms with Crippen molar-refractivity contribution in [1.82, 2.24) is 0 Å². The van der Waals surface area contributed by atoms with E-state index in [2.05, 4.69) is 46.1 Å². The van der Waals surface area contributed by atoms with Gasteiger partial charge in [-0.15, -0.1) is 0 Å². The summed E-state index contributed by atoms with van der Waals surface area (Å²) in [6.45, 7) is 0. The van der Waals surface area contributed by atoms with Crippen molar-refractivity contribution < 1.29 is 43.0 Å². The van der Waals surface area contributed by atoms with Crippen LogP contribution in [-0.4, -0.2) is 46.5 Å². The van der Waals surface area contributed by atoms with Gasteiger partial charge in [0.25, 0.3) is 0 Å². The van der Waals surface area contributed by atoms with Crippen molar-refractivity contribution in [3.63, 3.8) is 0 Å². The number of ether oxygens (including phenoxy) is 3. The number of cyclic esters (lactones) is 4. The molecule has 0 aromatic rings. The SMILES string of the molecule is O=C(CCBr)OC(=O)CCBr.O=C1CCC(=O)O1.O=C1CCC(=O)O1. The van der Waals surface area contributed by atoms with Crippen molar-refractivity contribution in [2.45, 2.75) is 38.5 Å². The summed E-state index contributed by atoms with van der Waals surface area (Å²) in [7, 11) is 0. The lowest BCUT2D eigenvalue weighted by molar-refractivity contribution is -0.159. The van der Waals surface area contributed by atoms with Crippen molar-refractivity contribution in [2.24, 2.45) is 0 Å². The van der Waals surface area contributed by atoms with Gasteiger partial charge in [0.05, 0.1) is 38.5 Å². The Bertz CT molecular complexity index is 456. The van der Waals surface area contributed by atoms with Crippen LogP contribution in [0.1, 0.15) is 38.5 Å². The predicted molar refractivity (Wildman–Crippen MR) is 88.6 cm³/mol. The molecular weight excluding hydrogens is 472 g/mol. The van der Waals surface area contributed by atoms with E-state index >= 15 is 0 Å². The summed E-state index contributed by atoms with van der Waals surface area (Å²) >= 11 is 6.11. The van der Waals surface area contributed by atoms with E-state index in [0.29, 0.717) is 10.7 Å². The molecule has 0 aliphatic carbocycles. The van der Waals surface area contributed by atoms with Gasteiger partial charge < -0.3 is 14.2 Å². The maximum atomic E-state index is 10.6. The molecule has 9 nitrogen and oxygen atoms in total. The van der Waals surface area contributed by atoms with E-state index in [1.807, 2.05) is 0 Å². The number of halogens is 2. The van der Waals surface area contributed by atoms with Crippen LogP contribution in [0.15, 0.2) is 0 Å². The largest absolute Gasteiger partial charge is 0.393 e. The Morgan fingerprint density at radius 3 is 1.16 bits per heavy atom. The van der Waals surface area contributed by atoms with Crippen LogP contribution in [0.5, 0.6) is 0 Å². The summed E-state index contributed by atoms with van der Waals surface area (Å²) in [6.07, 6.45) is 1.51. The minimum Gasteiger partial charge on any atom is -0.393 e. The van der Waals surface area contributed by atoms with Gasteiger partial charge in [-0.1, -0.05) is 31.9 Å². The lowest BCUT2D eigenvalue weighted by atomic mass is 10.4. The maximum Gasteiger partial charge on any atom is 0.314 e. The fourth-order valence-electron chi connectivity index (χ4n) is 1.25. The van der Waals surface area contributed by atoms with Gasteiger partial charge in [0.15, 0.2) is 0 Å². The smallest absolute Gasteiger partial charge is 0.314 e. The average molecular weight is 488 g/mol. The van der Waals surface area contributed by atoms with Crippen LogP contribution in [0.25, 0.3) is 0 Å². The van der Waals surface area contributed by atoms with Crippen molar-refractivity contribution in [3.05, 3.63) is 0 Å². The molecule has 2 aliphatic heterocycles. The third-order valence-corrected chi connectivity index (χ3v) is 3.14. The first-order valence-corrected chi connectivity index (χ1v) is 9.35. The van der Waals surface area contributed by atoms with Crippen molar-refractivity contribution in [3.8, 4) is 0 Å². The zero-order chi connectivity index (χ0) is 19.2. The topological polar surface area (TPSA) is 130 Å². The summed E-state index contributed by atoms with van der Waals surface area (Å²) < 4.78 is 12.6. The van der Waals surface area contributed by atoms with E-state index in [-0.39, 0.29) is 38.5 Å². The van der Waals surface area contributed by atoms with Crippen molar-refractivity contribution >= 4 is 67.7 Å². The zero-order valence-corrected chi connectivity index (χ0v) is 16.3. The van der Waals surface area contributed by atoms with E-state index in [4.69, 9.17) is 0 Å². The summed E-state index contributed by atoms with van der Waals surface area (Å²) in [6, 6.07) is 0. The van der Waals surface area contributed by atoms with E-state index in [9.17, 15) is 28.8 Å². The Morgan fingerprint density at radius 1 is 0.720 bits per heavy atom. The van der Waals surface area contributed by atoms with Gasteiger partial charge in [0.1, 0.15) is 0 Å². The normalized spacial score (nSPS) is 15.3. The lowest BCUT2D eigenvalue weighted by Gasteiger charge is -1.98. The van der Waals surface area contributed by atoms with Crippen LogP contribution < -0.4 is 0 Å². The fraction of sp³-hybridized carbons (Fsp3) is 0.571. The molecule has 2 saturated heterocycles. The zero-order valence-electron chi connectivity index (χ0n) is 13.1. The van der Waals surface area contributed by atoms with E-state index in [1.165, 1.54) is 0 Å². The van der Waals surface area contributed by atoms with Crippen LogP contribution in [0.3, 0.4) is 0 Å². The predicted octanol–water partition coefficient (Wildman–Crippen LogP) is 1.33. The first-order chi connectivity index (χ1) is 11.8. The minimum atomic E-state index is -0.479. The van der Waals surface area contributed by atoms with E-state index in [0.717, 1.165) is 0 Å². The Kier molecular flexibility index (Phi) is 12.8. The number of carbonyl (C=O) groups excluding carboxylic acids is 6. The first kappa shape index (κ1) is 23.4. The Morgan fingerprint density at radius 2 is 1.00 bits per heavy atom. The second-order valence-electron chi connectivity index (χ2n) is 4.42. The maximum absolute atomic E-state index is 10.6. The van der Waals surface area contributed by atoms with E-state index in [1.54, 1.807) is 0 Å². The van der Waals surface area contributed by atoms with Gasteiger partial charge in [-0.3, -0.25) is 28.8 Å². The third kappa shape index (κ3) is 13.4. The molecule has 0 saturated carbocycles. The highest BCUT2D eigenvalue weighted by Crippen LogP contribution is 2.04. The summed E-state index contributed by atoms with van der Waals surface area (Å²) in [4.78, 5) is 61.3. The number of hydrogen-bond donors (Lipinski definition) is 0. The fourth-order valence-corrected chi connectivity index (χ4v) is 1.90. The molecule has 0 spiro atoms. The quantitative estimate of drug-likeness (QED) is 0.249. The second kappa shape index (κ2) is 13.6. The number of hydrogen-bond acceptors (Lipinski definition) is 9. The summed E-state index contributed by atoms with van der Waals surface area (Å²) in [5.41, 5.74) is 0. The molecule has 25 heavy (non-hydrogen) atoms. The molecule has 0 aromatic carbocycles. The molecule has 0 N–H and O–H groups in total. The molecule has 0 atom stereocenters. The van der Waals surface area contributed by atoms with E-state index < -0.39 is 35.8 Å². The van der Waals surface area contributed by atoms with Crippen LogP contribution in [0, 0.1) is 0 Å². The van der Waals surface area contributed by atoms with Crippen LogP contribution in [0.4, 0.5) is 0 Å². The molecular formula is C14H16Br2O9. The lowest BCUT2D eigenvalue weighted by Crippen LogP contribution is -2.12. The highest BCUT2D eigenvalue weighted by Gasteiger charge is 2.19. The molecule has 0 amide bonds. The summed E-state index contributed by atoms with van der Waals surface area (Å²) in [5.74, 6) is -2.55. The van der Waals surface area contributed by atoms with Gasteiger partial charge in [-0.05, 0) is 0 Å². The summed E-state index contributed by atoms with van der Waals surface area (Å²) in [5, 5.41) is 1.04. The average Bonchev–Trinajstić information content (AvgIpc) is 3.08. The highest BCUT2D eigenvalue weighted by molar-refractivity contribution is 9.09. The number of alkyl halides is 2. The van der Waals surface area contributed by atoms with Gasteiger partial charge in [-0.2, -0.15) is 0 Å². The second-order valence-corrected chi connectivity index (χ2v) is 6.00. The monoisotopic (exact) mass is 486 g/mol. The van der Waals surface area contributed by atoms with Gasteiger partial charge >= 0.3 is 35.8 Å². The number of rotatable bonds is 4. The molecule has 140 valence electrons. The van der Waals surface area contributed by atoms with Gasteiger partial charge in [-0.25, -0.2) is 0 Å². The highest BCUT2D eigenvalue weighted by atomic mass is 79.9. The molecule has 2 heterocycles.